The van der Waals surface area contributed by atoms with Crippen molar-refractivity contribution in [2.45, 2.75) is 51.2 Å². The van der Waals surface area contributed by atoms with Crippen molar-refractivity contribution in [1.29, 1.82) is 0 Å². The Hall–Kier alpha value is -0.120. The first-order valence-corrected chi connectivity index (χ1v) is 6.76. The van der Waals surface area contributed by atoms with E-state index in [9.17, 15) is 0 Å². The molecular formula is C13H26N2O. The highest BCUT2D eigenvalue weighted by Gasteiger charge is 2.29. The van der Waals surface area contributed by atoms with E-state index in [1.54, 1.807) is 0 Å². The molecule has 2 fully saturated rings. The van der Waals surface area contributed by atoms with Crippen LogP contribution in [-0.4, -0.2) is 37.9 Å². The zero-order valence-corrected chi connectivity index (χ0v) is 10.7. The highest BCUT2D eigenvalue weighted by atomic mass is 16.5. The van der Waals surface area contributed by atoms with Crippen molar-refractivity contribution in [3.63, 3.8) is 0 Å². The summed E-state index contributed by atoms with van der Waals surface area (Å²) in [6.45, 7) is 8.83. The first-order valence-electron chi connectivity index (χ1n) is 6.76. The van der Waals surface area contributed by atoms with Gasteiger partial charge in [-0.05, 0) is 58.5 Å². The number of piperidine rings is 1. The second kappa shape index (κ2) is 5.48. The van der Waals surface area contributed by atoms with Gasteiger partial charge in [-0.15, -0.1) is 0 Å². The van der Waals surface area contributed by atoms with Gasteiger partial charge in [0.05, 0.1) is 5.60 Å². The van der Waals surface area contributed by atoms with E-state index in [2.05, 4.69) is 24.5 Å². The molecule has 0 aliphatic carbocycles. The Morgan fingerprint density at radius 2 is 2.38 bits per heavy atom. The minimum Gasteiger partial charge on any atom is -0.374 e. The zero-order valence-electron chi connectivity index (χ0n) is 10.7. The molecule has 3 nitrogen and oxygen atoms in total. The van der Waals surface area contributed by atoms with Crippen molar-refractivity contribution < 1.29 is 4.74 Å². The van der Waals surface area contributed by atoms with E-state index in [0.717, 1.165) is 25.6 Å². The highest BCUT2D eigenvalue weighted by molar-refractivity contribution is 4.84. The van der Waals surface area contributed by atoms with Gasteiger partial charge in [0.25, 0.3) is 0 Å². The smallest absolute Gasteiger partial charge is 0.0779 e. The van der Waals surface area contributed by atoms with Crippen molar-refractivity contribution in [1.82, 2.24) is 10.6 Å². The van der Waals surface area contributed by atoms with Crippen LogP contribution in [0.15, 0.2) is 0 Å². The van der Waals surface area contributed by atoms with Crippen LogP contribution in [0, 0.1) is 5.92 Å². The van der Waals surface area contributed by atoms with Crippen LogP contribution in [0.2, 0.25) is 0 Å². The fourth-order valence-corrected chi connectivity index (χ4v) is 2.94. The van der Waals surface area contributed by atoms with E-state index in [1.807, 2.05) is 0 Å². The molecule has 94 valence electrons. The lowest BCUT2D eigenvalue weighted by atomic mass is 9.93. The van der Waals surface area contributed by atoms with Crippen molar-refractivity contribution in [3.05, 3.63) is 0 Å². The van der Waals surface area contributed by atoms with Crippen molar-refractivity contribution in [2.75, 3.05) is 26.2 Å². The molecule has 2 saturated heterocycles. The third-order valence-corrected chi connectivity index (χ3v) is 3.96. The summed E-state index contributed by atoms with van der Waals surface area (Å²) in [4.78, 5) is 0. The van der Waals surface area contributed by atoms with E-state index in [1.165, 1.54) is 32.2 Å². The van der Waals surface area contributed by atoms with E-state index in [-0.39, 0.29) is 5.60 Å². The number of rotatable bonds is 4. The minimum atomic E-state index is 0.110. The van der Waals surface area contributed by atoms with Gasteiger partial charge in [-0.1, -0.05) is 0 Å². The lowest BCUT2D eigenvalue weighted by Gasteiger charge is -2.30. The van der Waals surface area contributed by atoms with Gasteiger partial charge in [-0.2, -0.15) is 0 Å². The SMILES string of the molecule is CC1CC(CNCC2(C)CCCO2)CCN1. The summed E-state index contributed by atoms with van der Waals surface area (Å²) in [5.74, 6) is 0.848. The molecule has 0 aromatic carbocycles. The quantitative estimate of drug-likeness (QED) is 0.763. The summed E-state index contributed by atoms with van der Waals surface area (Å²) >= 11 is 0. The van der Waals surface area contributed by atoms with Gasteiger partial charge in [0.15, 0.2) is 0 Å². The molecule has 0 radical (unpaired) electrons. The monoisotopic (exact) mass is 226 g/mol. The third-order valence-electron chi connectivity index (χ3n) is 3.96. The Labute approximate surface area is 99.3 Å². The Bertz CT molecular complexity index is 214. The number of hydrogen-bond donors (Lipinski definition) is 2. The fourth-order valence-electron chi connectivity index (χ4n) is 2.94. The number of hydrogen-bond acceptors (Lipinski definition) is 3. The van der Waals surface area contributed by atoms with Crippen molar-refractivity contribution in [3.8, 4) is 0 Å². The molecule has 2 aliphatic rings. The molecule has 0 bridgehead atoms. The van der Waals surface area contributed by atoms with Crippen LogP contribution < -0.4 is 10.6 Å². The maximum absolute atomic E-state index is 5.78. The maximum atomic E-state index is 5.78. The molecule has 2 rings (SSSR count). The fraction of sp³-hybridized carbons (Fsp3) is 1.00. The first-order chi connectivity index (χ1) is 7.68. The normalized spacial score (nSPS) is 40.1. The molecule has 0 spiro atoms. The second-order valence-electron chi connectivity index (χ2n) is 5.78. The lowest BCUT2D eigenvalue weighted by molar-refractivity contribution is 0.0200. The van der Waals surface area contributed by atoms with Crippen LogP contribution in [0.4, 0.5) is 0 Å². The topological polar surface area (TPSA) is 33.3 Å². The van der Waals surface area contributed by atoms with Crippen LogP contribution in [0.3, 0.4) is 0 Å². The molecule has 0 aromatic heterocycles. The standard InChI is InChI=1S/C13H26N2O/c1-11-8-12(4-6-15-11)9-14-10-13(2)5-3-7-16-13/h11-12,14-15H,3-10H2,1-2H3. The summed E-state index contributed by atoms with van der Waals surface area (Å²) in [6.07, 6.45) is 5.06. The predicted octanol–water partition coefficient (Wildman–Crippen LogP) is 1.53. The summed E-state index contributed by atoms with van der Waals surface area (Å²) in [5.41, 5.74) is 0.110. The summed E-state index contributed by atoms with van der Waals surface area (Å²) in [6, 6.07) is 0.693. The second-order valence-corrected chi connectivity index (χ2v) is 5.78. The van der Waals surface area contributed by atoms with Crippen LogP contribution in [0.25, 0.3) is 0 Å². The molecule has 2 heterocycles. The molecule has 0 aromatic rings. The number of nitrogens with one attached hydrogen (secondary N) is 2. The van der Waals surface area contributed by atoms with Gasteiger partial charge in [0, 0.05) is 19.2 Å². The summed E-state index contributed by atoms with van der Waals surface area (Å²) in [5, 5.41) is 7.10. The Kier molecular flexibility index (Phi) is 4.22. The predicted molar refractivity (Wildman–Crippen MR) is 66.6 cm³/mol. The first kappa shape index (κ1) is 12.3. The van der Waals surface area contributed by atoms with Gasteiger partial charge < -0.3 is 15.4 Å². The largest absolute Gasteiger partial charge is 0.374 e. The van der Waals surface area contributed by atoms with Crippen molar-refractivity contribution >= 4 is 0 Å². The van der Waals surface area contributed by atoms with Gasteiger partial charge in [0.2, 0.25) is 0 Å². The maximum Gasteiger partial charge on any atom is 0.0779 e. The summed E-state index contributed by atoms with van der Waals surface area (Å²) < 4.78 is 5.78. The van der Waals surface area contributed by atoms with E-state index in [4.69, 9.17) is 4.74 Å². The lowest BCUT2D eigenvalue weighted by Crippen LogP contribution is -2.43. The molecule has 16 heavy (non-hydrogen) atoms. The van der Waals surface area contributed by atoms with E-state index < -0.39 is 0 Å². The van der Waals surface area contributed by atoms with E-state index >= 15 is 0 Å². The summed E-state index contributed by atoms with van der Waals surface area (Å²) in [7, 11) is 0. The molecule has 0 saturated carbocycles. The Morgan fingerprint density at radius 1 is 1.50 bits per heavy atom. The molecule has 2 N–H and O–H groups in total. The van der Waals surface area contributed by atoms with Crippen LogP contribution in [0.1, 0.15) is 39.5 Å². The van der Waals surface area contributed by atoms with Crippen LogP contribution >= 0.6 is 0 Å². The molecule has 3 atom stereocenters. The minimum absolute atomic E-state index is 0.110. The van der Waals surface area contributed by atoms with Crippen LogP contribution in [-0.2, 0) is 4.74 Å². The van der Waals surface area contributed by atoms with Crippen molar-refractivity contribution in [2.24, 2.45) is 5.92 Å². The third kappa shape index (κ3) is 3.44. The molecule has 0 amide bonds. The Balaban J connectivity index is 1.63. The van der Waals surface area contributed by atoms with Gasteiger partial charge >= 0.3 is 0 Å². The van der Waals surface area contributed by atoms with Gasteiger partial charge in [0.1, 0.15) is 0 Å². The Morgan fingerprint density at radius 3 is 3.06 bits per heavy atom. The molecule has 3 heteroatoms. The number of ether oxygens (including phenoxy) is 1. The molecular weight excluding hydrogens is 200 g/mol. The van der Waals surface area contributed by atoms with E-state index in [0.29, 0.717) is 6.04 Å². The zero-order chi connectivity index (χ0) is 11.4. The van der Waals surface area contributed by atoms with Crippen LogP contribution in [0.5, 0.6) is 0 Å². The average Bonchev–Trinajstić information content (AvgIpc) is 2.65. The highest BCUT2D eigenvalue weighted by Crippen LogP contribution is 2.24. The average molecular weight is 226 g/mol. The molecule has 2 aliphatic heterocycles. The van der Waals surface area contributed by atoms with Gasteiger partial charge in [-0.3, -0.25) is 0 Å². The van der Waals surface area contributed by atoms with Gasteiger partial charge in [-0.25, -0.2) is 0 Å². The molecule has 3 unspecified atom stereocenters.